The average molecular weight is 276 g/mol. The van der Waals surface area contributed by atoms with Gasteiger partial charge >= 0.3 is 6.18 Å². The van der Waals surface area contributed by atoms with Crippen LogP contribution in [0.3, 0.4) is 0 Å². The summed E-state index contributed by atoms with van der Waals surface area (Å²) in [7, 11) is 0. The standard InChI is InChI=1S/C12H15F3N2O2/c1-8-2-3-9(17-11(18)4-5-16)10(6-8)19-7-12(13,14)15/h2-3,6H,4-5,7,16H2,1H3,(H,17,18). The maximum atomic E-state index is 12.1. The first-order valence-corrected chi connectivity index (χ1v) is 5.62. The fraction of sp³-hybridized carbons (Fsp3) is 0.417. The van der Waals surface area contributed by atoms with E-state index in [2.05, 4.69) is 5.32 Å². The molecule has 0 atom stereocenters. The number of halogens is 3. The van der Waals surface area contributed by atoms with Crippen molar-refractivity contribution in [3.63, 3.8) is 0 Å². The molecule has 0 heterocycles. The van der Waals surface area contributed by atoms with Crippen LogP contribution in [-0.2, 0) is 4.79 Å². The van der Waals surface area contributed by atoms with E-state index in [1.165, 1.54) is 12.1 Å². The van der Waals surface area contributed by atoms with Gasteiger partial charge in [0.15, 0.2) is 6.61 Å². The van der Waals surface area contributed by atoms with Gasteiger partial charge < -0.3 is 15.8 Å². The zero-order chi connectivity index (χ0) is 14.5. The Hall–Kier alpha value is -1.76. The summed E-state index contributed by atoms with van der Waals surface area (Å²) in [5.41, 5.74) is 6.15. The molecule has 1 aromatic carbocycles. The van der Waals surface area contributed by atoms with Gasteiger partial charge in [-0.2, -0.15) is 13.2 Å². The largest absolute Gasteiger partial charge is 0.482 e. The quantitative estimate of drug-likeness (QED) is 0.866. The van der Waals surface area contributed by atoms with Crippen molar-refractivity contribution in [1.82, 2.24) is 0 Å². The molecule has 0 saturated heterocycles. The normalized spacial score (nSPS) is 11.2. The lowest BCUT2D eigenvalue weighted by atomic mass is 10.2. The second-order valence-corrected chi connectivity index (χ2v) is 3.99. The maximum Gasteiger partial charge on any atom is 0.422 e. The Bertz CT molecular complexity index is 447. The predicted molar refractivity (Wildman–Crippen MR) is 65.0 cm³/mol. The molecule has 1 aromatic rings. The van der Waals surface area contributed by atoms with Gasteiger partial charge in [-0.25, -0.2) is 0 Å². The Morgan fingerprint density at radius 3 is 2.68 bits per heavy atom. The summed E-state index contributed by atoms with van der Waals surface area (Å²) in [6.07, 6.45) is -4.34. The first kappa shape index (κ1) is 15.3. The highest BCUT2D eigenvalue weighted by molar-refractivity contribution is 5.92. The number of alkyl halides is 3. The van der Waals surface area contributed by atoms with E-state index in [1.54, 1.807) is 13.0 Å². The second kappa shape index (κ2) is 6.42. The lowest BCUT2D eigenvalue weighted by Crippen LogP contribution is -2.21. The van der Waals surface area contributed by atoms with Crippen LogP contribution in [0.4, 0.5) is 18.9 Å². The minimum Gasteiger partial charge on any atom is -0.482 e. The molecule has 0 radical (unpaired) electrons. The molecule has 3 N–H and O–H groups in total. The third-order valence-electron chi connectivity index (χ3n) is 2.17. The fourth-order valence-corrected chi connectivity index (χ4v) is 1.36. The Balaban J connectivity index is 2.82. The van der Waals surface area contributed by atoms with E-state index >= 15 is 0 Å². The highest BCUT2D eigenvalue weighted by Crippen LogP contribution is 2.28. The molecule has 0 aliphatic heterocycles. The molecule has 1 amide bonds. The summed E-state index contributed by atoms with van der Waals surface area (Å²) in [6, 6.07) is 4.60. The molecule has 0 spiro atoms. The van der Waals surface area contributed by atoms with Gasteiger partial charge in [0.05, 0.1) is 5.69 Å². The first-order valence-electron chi connectivity index (χ1n) is 5.62. The number of benzene rings is 1. The van der Waals surface area contributed by atoms with E-state index in [0.717, 1.165) is 5.56 Å². The lowest BCUT2D eigenvalue weighted by Gasteiger charge is -2.14. The summed E-state index contributed by atoms with van der Waals surface area (Å²) in [6.45, 7) is 0.471. The van der Waals surface area contributed by atoms with Gasteiger partial charge in [0.2, 0.25) is 5.91 Å². The zero-order valence-electron chi connectivity index (χ0n) is 10.4. The van der Waals surface area contributed by atoms with Gasteiger partial charge in [-0.15, -0.1) is 0 Å². The van der Waals surface area contributed by atoms with E-state index in [9.17, 15) is 18.0 Å². The fourth-order valence-electron chi connectivity index (χ4n) is 1.36. The summed E-state index contributed by atoms with van der Waals surface area (Å²) in [4.78, 5) is 11.4. The number of rotatable bonds is 5. The van der Waals surface area contributed by atoms with Crippen LogP contribution in [0.5, 0.6) is 5.75 Å². The van der Waals surface area contributed by atoms with Crippen LogP contribution >= 0.6 is 0 Å². The zero-order valence-corrected chi connectivity index (χ0v) is 10.4. The molecule has 7 heteroatoms. The molecular formula is C12H15F3N2O2. The van der Waals surface area contributed by atoms with Crippen molar-refractivity contribution < 1.29 is 22.7 Å². The number of nitrogens with two attached hydrogens (primary N) is 1. The monoisotopic (exact) mass is 276 g/mol. The number of carbonyl (C=O) groups is 1. The van der Waals surface area contributed by atoms with Crippen LogP contribution < -0.4 is 15.8 Å². The van der Waals surface area contributed by atoms with E-state index in [1.807, 2.05) is 0 Å². The van der Waals surface area contributed by atoms with Gasteiger partial charge in [-0.05, 0) is 24.6 Å². The minimum atomic E-state index is -4.43. The molecule has 0 fully saturated rings. The SMILES string of the molecule is Cc1ccc(NC(=O)CCN)c(OCC(F)(F)F)c1. The Morgan fingerprint density at radius 1 is 1.42 bits per heavy atom. The minimum absolute atomic E-state index is 0.0114. The summed E-state index contributed by atoms with van der Waals surface area (Å²) in [5, 5.41) is 2.46. The Labute approximate surface area is 108 Å². The lowest BCUT2D eigenvalue weighted by molar-refractivity contribution is -0.153. The maximum absolute atomic E-state index is 12.1. The topological polar surface area (TPSA) is 64.4 Å². The molecular weight excluding hydrogens is 261 g/mol. The molecule has 0 aliphatic carbocycles. The van der Waals surface area contributed by atoms with E-state index < -0.39 is 12.8 Å². The second-order valence-electron chi connectivity index (χ2n) is 3.99. The molecule has 19 heavy (non-hydrogen) atoms. The van der Waals surface area contributed by atoms with Crippen molar-refractivity contribution in [2.75, 3.05) is 18.5 Å². The number of hydrogen-bond donors (Lipinski definition) is 2. The molecule has 0 aromatic heterocycles. The van der Waals surface area contributed by atoms with Gasteiger partial charge in [-0.3, -0.25) is 4.79 Å². The summed E-state index contributed by atoms with van der Waals surface area (Å²) < 4.78 is 41.1. The average Bonchev–Trinajstić information content (AvgIpc) is 2.29. The summed E-state index contributed by atoms with van der Waals surface area (Å²) in [5.74, 6) is -0.383. The van der Waals surface area contributed by atoms with Crippen LogP contribution in [0.2, 0.25) is 0 Å². The number of hydrogen-bond acceptors (Lipinski definition) is 3. The Kier molecular flexibility index (Phi) is 5.17. The number of nitrogens with one attached hydrogen (secondary N) is 1. The van der Waals surface area contributed by atoms with E-state index in [0.29, 0.717) is 0 Å². The van der Waals surface area contributed by atoms with Gasteiger partial charge in [0.25, 0.3) is 0 Å². The number of aryl methyl sites for hydroxylation is 1. The van der Waals surface area contributed by atoms with Crippen molar-refractivity contribution in [3.05, 3.63) is 23.8 Å². The van der Waals surface area contributed by atoms with Crippen molar-refractivity contribution >= 4 is 11.6 Å². The number of carbonyl (C=O) groups excluding carboxylic acids is 1. The number of anilines is 1. The first-order chi connectivity index (χ1) is 8.81. The summed E-state index contributed by atoms with van der Waals surface area (Å²) >= 11 is 0. The molecule has 0 saturated carbocycles. The van der Waals surface area contributed by atoms with Gasteiger partial charge in [-0.1, -0.05) is 6.07 Å². The third-order valence-corrected chi connectivity index (χ3v) is 2.17. The van der Waals surface area contributed by atoms with Crippen LogP contribution in [-0.4, -0.2) is 25.2 Å². The molecule has 1 rings (SSSR count). The van der Waals surface area contributed by atoms with Crippen molar-refractivity contribution in [3.8, 4) is 5.75 Å². The van der Waals surface area contributed by atoms with Gasteiger partial charge in [0.1, 0.15) is 5.75 Å². The van der Waals surface area contributed by atoms with Crippen molar-refractivity contribution in [1.29, 1.82) is 0 Å². The van der Waals surface area contributed by atoms with Crippen LogP contribution in [0.1, 0.15) is 12.0 Å². The molecule has 0 unspecified atom stereocenters. The van der Waals surface area contributed by atoms with Crippen LogP contribution in [0.25, 0.3) is 0 Å². The Morgan fingerprint density at radius 2 is 2.11 bits per heavy atom. The van der Waals surface area contributed by atoms with Crippen LogP contribution in [0, 0.1) is 6.92 Å². The molecule has 0 aliphatic rings. The predicted octanol–water partition coefficient (Wildman–Crippen LogP) is 2.22. The molecule has 0 bridgehead atoms. The van der Waals surface area contributed by atoms with E-state index in [-0.39, 0.29) is 30.3 Å². The van der Waals surface area contributed by atoms with Crippen molar-refractivity contribution in [2.24, 2.45) is 5.73 Å². The number of amides is 1. The van der Waals surface area contributed by atoms with Crippen LogP contribution in [0.15, 0.2) is 18.2 Å². The number of ether oxygens (including phenoxy) is 1. The highest BCUT2D eigenvalue weighted by Gasteiger charge is 2.28. The van der Waals surface area contributed by atoms with Gasteiger partial charge in [0, 0.05) is 13.0 Å². The van der Waals surface area contributed by atoms with Crippen molar-refractivity contribution in [2.45, 2.75) is 19.5 Å². The highest BCUT2D eigenvalue weighted by atomic mass is 19.4. The molecule has 106 valence electrons. The smallest absolute Gasteiger partial charge is 0.422 e. The third kappa shape index (κ3) is 5.60. The molecule has 4 nitrogen and oxygen atoms in total. The van der Waals surface area contributed by atoms with E-state index in [4.69, 9.17) is 10.5 Å².